The average Bonchev–Trinajstić information content (AvgIpc) is 2.50. The lowest BCUT2D eigenvalue weighted by Gasteiger charge is -2.36. The minimum Gasteiger partial charge on any atom is -0.388 e. The Balaban J connectivity index is 2.97. The predicted molar refractivity (Wildman–Crippen MR) is 56.4 cm³/mol. The Morgan fingerprint density at radius 3 is 2.13 bits per heavy atom. The van der Waals surface area contributed by atoms with Crippen LogP contribution in [0.15, 0.2) is 11.6 Å². The molecule has 0 saturated carbocycles. The van der Waals surface area contributed by atoms with E-state index in [0.717, 1.165) is 5.57 Å². The van der Waals surface area contributed by atoms with Crippen molar-refractivity contribution in [3.05, 3.63) is 11.6 Å². The summed E-state index contributed by atoms with van der Waals surface area (Å²) in [6, 6.07) is 0. The second kappa shape index (κ2) is 4.22. The molecule has 0 aromatic heterocycles. The van der Waals surface area contributed by atoms with Crippen molar-refractivity contribution >= 4 is 0 Å². The quantitative estimate of drug-likeness (QED) is 0.686. The van der Waals surface area contributed by atoms with Crippen molar-refractivity contribution in [1.82, 2.24) is 0 Å². The van der Waals surface area contributed by atoms with Crippen LogP contribution < -0.4 is 0 Å². The Morgan fingerprint density at radius 1 is 1.33 bits per heavy atom. The fraction of sp³-hybridized carbons (Fsp3) is 0.818. The molecule has 2 N–H and O–H groups in total. The van der Waals surface area contributed by atoms with E-state index >= 15 is 0 Å². The summed E-state index contributed by atoms with van der Waals surface area (Å²) in [4.78, 5) is 0. The standard InChI is InChI=1S/C11H20O4/c1-8(2)7-11(14-5-6-15-11)9(12)10(3,4)13/h7,9,12-13H,5-6H2,1-4H3/t9-/m0/s1. The van der Waals surface area contributed by atoms with Crippen molar-refractivity contribution in [3.63, 3.8) is 0 Å². The van der Waals surface area contributed by atoms with Gasteiger partial charge in [0.2, 0.25) is 5.79 Å². The van der Waals surface area contributed by atoms with Crippen LogP contribution in [0.4, 0.5) is 0 Å². The fourth-order valence-corrected chi connectivity index (χ4v) is 1.66. The first-order chi connectivity index (χ1) is 6.78. The number of ether oxygens (including phenoxy) is 2. The van der Waals surface area contributed by atoms with E-state index in [9.17, 15) is 10.2 Å². The van der Waals surface area contributed by atoms with Crippen LogP contribution in [-0.4, -0.2) is 40.9 Å². The zero-order chi connectivity index (χ0) is 11.7. The normalized spacial score (nSPS) is 22.5. The topological polar surface area (TPSA) is 58.9 Å². The van der Waals surface area contributed by atoms with Crippen LogP contribution in [-0.2, 0) is 9.47 Å². The fourth-order valence-electron chi connectivity index (χ4n) is 1.66. The molecule has 0 amide bonds. The second-order valence-electron chi connectivity index (χ2n) is 4.70. The summed E-state index contributed by atoms with van der Waals surface area (Å²) in [5, 5.41) is 19.8. The highest BCUT2D eigenvalue weighted by Crippen LogP contribution is 2.32. The SMILES string of the molecule is CC(C)=CC1([C@@H](O)C(C)(C)O)OCCO1. The Bertz CT molecular complexity index is 242. The van der Waals surface area contributed by atoms with Gasteiger partial charge in [-0.25, -0.2) is 0 Å². The minimum absolute atomic E-state index is 0.428. The Kier molecular flexibility index (Phi) is 3.55. The van der Waals surface area contributed by atoms with E-state index in [-0.39, 0.29) is 0 Å². The largest absolute Gasteiger partial charge is 0.388 e. The van der Waals surface area contributed by atoms with Gasteiger partial charge in [0, 0.05) is 0 Å². The Hall–Kier alpha value is -0.420. The van der Waals surface area contributed by atoms with Gasteiger partial charge in [0.15, 0.2) is 0 Å². The zero-order valence-electron chi connectivity index (χ0n) is 9.78. The van der Waals surface area contributed by atoms with Crippen molar-refractivity contribution < 1.29 is 19.7 Å². The lowest BCUT2D eigenvalue weighted by Crippen LogP contribution is -2.53. The van der Waals surface area contributed by atoms with Crippen LogP contribution >= 0.6 is 0 Å². The first-order valence-corrected chi connectivity index (χ1v) is 5.12. The molecular formula is C11H20O4. The first kappa shape index (κ1) is 12.6. The van der Waals surface area contributed by atoms with E-state index in [4.69, 9.17) is 9.47 Å². The van der Waals surface area contributed by atoms with Gasteiger partial charge in [-0.15, -0.1) is 0 Å². The van der Waals surface area contributed by atoms with E-state index < -0.39 is 17.5 Å². The van der Waals surface area contributed by atoms with Crippen molar-refractivity contribution in [3.8, 4) is 0 Å². The monoisotopic (exact) mass is 216 g/mol. The van der Waals surface area contributed by atoms with E-state index in [2.05, 4.69) is 0 Å². The molecule has 0 aromatic rings. The highest BCUT2D eigenvalue weighted by Gasteiger charge is 2.48. The van der Waals surface area contributed by atoms with Gasteiger partial charge in [-0.05, 0) is 33.8 Å². The summed E-state index contributed by atoms with van der Waals surface area (Å²) in [7, 11) is 0. The summed E-state index contributed by atoms with van der Waals surface area (Å²) < 4.78 is 10.9. The molecule has 1 rings (SSSR count). The molecule has 1 aliphatic heterocycles. The Morgan fingerprint density at radius 2 is 1.80 bits per heavy atom. The maximum Gasteiger partial charge on any atom is 0.217 e. The van der Waals surface area contributed by atoms with E-state index in [0.29, 0.717) is 13.2 Å². The molecular weight excluding hydrogens is 196 g/mol. The molecule has 1 atom stereocenters. The summed E-state index contributed by atoms with van der Waals surface area (Å²) in [6.45, 7) is 7.70. The summed E-state index contributed by atoms with van der Waals surface area (Å²) in [5.41, 5.74) is -0.295. The van der Waals surface area contributed by atoms with Crippen molar-refractivity contribution in [2.45, 2.75) is 45.2 Å². The third-order valence-corrected chi connectivity index (χ3v) is 2.28. The summed E-state index contributed by atoms with van der Waals surface area (Å²) in [6.07, 6.45) is 0.602. The summed E-state index contributed by atoms with van der Waals surface area (Å²) >= 11 is 0. The second-order valence-corrected chi connectivity index (χ2v) is 4.70. The van der Waals surface area contributed by atoms with Crippen molar-refractivity contribution in [1.29, 1.82) is 0 Å². The van der Waals surface area contributed by atoms with Crippen LogP contribution in [0, 0.1) is 0 Å². The van der Waals surface area contributed by atoms with Gasteiger partial charge in [0.1, 0.15) is 6.10 Å². The third kappa shape index (κ3) is 2.78. The molecule has 1 saturated heterocycles. The summed E-state index contributed by atoms with van der Waals surface area (Å²) in [5.74, 6) is -1.20. The number of allylic oxidation sites excluding steroid dienone is 1. The maximum absolute atomic E-state index is 10.0. The van der Waals surface area contributed by atoms with Gasteiger partial charge in [0.25, 0.3) is 0 Å². The van der Waals surface area contributed by atoms with Gasteiger partial charge in [-0.2, -0.15) is 0 Å². The van der Waals surface area contributed by atoms with Gasteiger partial charge < -0.3 is 19.7 Å². The molecule has 1 heterocycles. The van der Waals surface area contributed by atoms with Crippen LogP contribution in [0.5, 0.6) is 0 Å². The molecule has 0 radical (unpaired) electrons. The molecule has 0 aromatic carbocycles. The molecule has 4 nitrogen and oxygen atoms in total. The molecule has 1 aliphatic rings. The molecule has 0 unspecified atom stereocenters. The van der Waals surface area contributed by atoms with Gasteiger partial charge in [0.05, 0.1) is 18.8 Å². The number of aliphatic hydroxyl groups excluding tert-OH is 1. The molecule has 15 heavy (non-hydrogen) atoms. The molecule has 88 valence electrons. The average molecular weight is 216 g/mol. The van der Waals surface area contributed by atoms with Crippen molar-refractivity contribution in [2.75, 3.05) is 13.2 Å². The molecule has 1 fully saturated rings. The lowest BCUT2D eigenvalue weighted by atomic mass is 9.93. The van der Waals surface area contributed by atoms with Gasteiger partial charge >= 0.3 is 0 Å². The molecule has 4 heteroatoms. The number of hydrogen-bond acceptors (Lipinski definition) is 4. The van der Waals surface area contributed by atoms with Crippen LogP contribution in [0.1, 0.15) is 27.7 Å². The van der Waals surface area contributed by atoms with Crippen molar-refractivity contribution in [2.24, 2.45) is 0 Å². The highest BCUT2D eigenvalue weighted by molar-refractivity contribution is 5.10. The van der Waals surface area contributed by atoms with E-state index in [1.165, 1.54) is 13.8 Å². The maximum atomic E-state index is 10.0. The van der Waals surface area contributed by atoms with Crippen LogP contribution in [0.3, 0.4) is 0 Å². The van der Waals surface area contributed by atoms with Gasteiger partial charge in [-0.1, -0.05) is 5.57 Å². The van der Waals surface area contributed by atoms with Crippen LogP contribution in [0.2, 0.25) is 0 Å². The predicted octanol–water partition coefficient (Wildman–Crippen LogP) is 0.827. The smallest absolute Gasteiger partial charge is 0.217 e. The molecule has 0 aliphatic carbocycles. The minimum atomic E-state index is -1.27. The number of rotatable bonds is 3. The molecule has 0 spiro atoms. The lowest BCUT2D eigenvalue weighted by molar-refractivity contribution is -0.231. The van der Waals surface area contributed by atoms with E-state index in [1.54, 1.807) is 6.08 Å². The Labute approximate surface area is 90.5 Å². The van der Waals surface area contributed by atoms with Gasteiger partial charge in [-0.3, -0.25) is 0 Å². The van der Waals surface area contributed by atoms with E-state index in [1.807, 2.05) is 13.8 Å². The highest BCUT2D eigenvalue weighted by atomic mass is 16.7. The number of aliphatic hydroxyl groups is 2. The third-order valence-electron chi connectivity index (χ3n) is 2.28. The first-order valence-electron chi connectivity index (χ1n) is 5.12. The zero-order valence-corrected chi connectivity index (χ0v) is 9.78. The van der Waals surface area contributed by atoms with Crippen LogP contribution in [0.25, 0.3) is 0 Å². The number of hydrogen-bond donors (Lipinski definition) is 2. The molecule has 0 bridgehead atoms.